The summed E-state index contributed by atoms with van der Waals surface area (Å²) < 4.78 is 19.4. The highest BCUT2D eigenvalue weighted by Gasteiger charge is 2.21. The van der Waals surface area contributed by atoms with Crippen LogP contribution < -0.4 is 4.74 Å². The second-order valence-corrected chi connectivity index (χ2v) is 15.6. The minimum atomic E-state index is -0.525. The van der Waals surface area contributed by atoms with Gasteiger partial charge in [-0.05, 0) is 90.1 Å². The number of aromatic hydroxyl groups is 1. The molecule has 0 atom stereocenters. The summed E-state index contributed by atoms with van der Waals surface area (Å²) in [5, 5.41) is 20.1. The van der Waals surface area contributed by atoms with Gasteiger partial charge in [-0.25, -0.2) is 9.59 Å². The van der Waals surface area contributed by atoms with E-state index in [0.29, 0.717) is 31.9 Å². The van der Waals surface area contributed by atoms with Gasteiger partial charge in [0.2, 0.25) is 0 Å². The lowest BCUT2D eigenvalue weighted by atomic mass is 10.1. The molecule has 59 heavy (non-hydrogen) atoms. The van der Waals surface area contributed by atoms with Crippen molar-refractivity contribution in [3.8, 4) is 33.8 Å². The van der Waals surface area contributed by atoms with Gasteiger partial charge in [-0.15, -0.1) is 0 Å². The molecule has 0 aliphatic rings. The van der Waals surface area contributed by atoms with Crippen molar-refractivity contribution in [3.63, 3.8) is 0 Å². The zero-order valence-corrected chi connectivity index (χ0v) is 33.9. The third-order valence-electron chi connectivity index (χ3n) is 8.25. The fraction of sp³-hybridized carbons (Fsp3) is 0.386. The topological polar surface area (TPSA) is 167 Å². The van der Waals surface area contributed by atoms with Crippen molar-refractivity contribution in [2.24, 2.45) is 0 Å². The van der Waals surface area contributed by atoms with Gasteiger partial charge in [0.05, 0.1) is 36.5 Å². The smallest absolute Gasteiger partial charge is 0.410 e. The van der Waals surface area contributed by atoms with Gasteiger partial charge in [0, 0.05) is 91.9 Å². The van der Waals surface area contributed by atoms with E-state index >= 15 is 0 Å². The summed E-state index contributed by atoms with van der Waals surface area (Å²) in [5.41, 5.74) is 4.23. The number of ether oxygens (including phenoxy) is 3. The second kappa shape index (κ2) is 19.8. The number of esters is 1. The number of hydrogen-bond acceptors (Lipinski definition) is 11. The highest BCUT2D eigenvalue weighted by Crippen LogP contribution is 2.27. The predicted molar refractivity (Wildman–Crippen MR) is 230 cm³/mol. The fourth-order valence-corrected chi connectivity index (χ4v) is 5.41. The molecule has 0 radical (unpaired) electrons. The highest BCUT2D eigenvalue weighted by atomic mass is 16.6. The zero-order valence-electron chi connectivity index (χ0n) is 33.9. The third-order valence-corrected chi connectivity index (χ3v) is 8.25. The summed E-state index contributed by atoms with van der Waals surface area (Å²) in [6.07, 6.45) is 10.2. The number of carbonyl (C=O) groups is 3. The summed E-state index contributed by atoms with van der Waals surface area (Å²) in [5.74, 6) is 0.327. The number of nitrogens with zero attached hydrogens (tertiary/aromatic N) is 8. The van der Waals surface area contributed by atoms with Crippen LogP contribution in [0.3, 0.4) is 0 Å². The summed E-state index contributed by atoms with van der Waals surface area (Å²) in [7, 11) is 3.41. The van der Waals surface area contributed by atoms with Crippen LogP contribution in [-0.2, 0) is 27.4 Å². The summed E-state index contributed by atoms with van der Waals surface area (Å²) >= 11 is 0. The molecule has 0 saturated carbocycles. The van der Waals surface area contributed by atoms with Crippen LogP contribution in [0.2, 0.25) is 0 Å². The average Bonchev–Trinajstić information content (AvgIpc) is 3.81. The van der Waals surface area contributed by atoms with Crippen molar-refractivity contribution in [1.82, 2.24) is 39.3 Å². The first-order chi connectivity index (χ1) is 26.8. The standard InChI is InChI=1S/C22H26N4O4.C20H24N4O3.2CH4/c1-15(27)29-19-6-7-20-16(11-19)10-17(12-23-20)18-13-24-26(14-18)9-8-25(5)21(28)30-22(2,3)4;1-20(2,3)27-19(26)23(4)7-8-24-13-16(12-22-24)15-9-14-10-17(25)5-6-18(14)21-11-15;;/h6-7,10-14H,8-9H2,1-5H3;5-6,9-13,25H,7-8H2,1-4H3;2*1H4. The van der Waals surface area contributed by atoms with Crippen molar-refractivity contribution < 1.29 is 33.7 Å². The SMILES string of the molecule is C.C.CC(=O)Oc1ccc2ncc(-c3cnn(CCN(C)C(=O)OC(C)(C)C)c3)cc2c1.CN(CCn1cc(-c2cnc3ccc(O)cc3c2)cn1)C(=O)OC(C)(C)C. The minimum absolute atomic E-state index is 0. The van der Waals surface area contributed by atoms with E-state index < -0.39 is 11.2 Å². The number of benzene rings is 2. The van der Waals surface area contributed by atoms with Crippen LogP contribution in [0.4, 0.5) is 9.59 Å². The van der Waals surface area contributed by atoms with E-state index in [9.17, 15) is 19.5 Å². The van der Waals surface area contributed by atoms with Crippen LogP contribution in [0.25, 0.3) is 44.1 Å². The summed E-state index contributed by atoms with van der Waals surface area (Å²) in [6.45, 7) is 14.5. The van der Waals surface area contributed by atoms with Gasteiger partial charge in [0.15, 0.2) is 0 Å². The molecule has 0 aliphatic heterocycles. The largest absolute Gasteiger partial charge is 0.508 e. The molecule has 0 bridgehead atoms. The van der Waals surface area contributed by atoms with Crippen molar-refractivity contribution in [2.45, 2.75) is 87.6 Å². The van der Waals surface area contributed by atoms with Crippen molar-refractivity contribution in [1.29, 1.82) is 0 Å². The van der Waals surface area contributed by atoms with E-state index in [-0.39, 0.29) is 38.8 Å². The molecule has 0 unspecified atom stereocenters. The molecule has 0 fully saturated rings. The Bertz CT molecular complexity index is 2360. The Morgan fingerprint density at radius 2 is 1.08 bits per heavy atom. The lowest BCUT2D eigenvalue weighted by Gasteiger charge is -2.24. The lowest BCUT2D eigenvalue weighted by Crippen LogP contribution is -2.36. The molecule has 4 heterocycles. The molecule has 2 amide bonds. The fourth-order valence-electron chi connectivity index (χ4n) is 5.41. The van der Waals surface area contributed by atoms with Gasteiger partial charge in [0.1, 0.15) is 22.7 Å². The van der Waals surface area contributed by atoms with Gasteiger partial charge in [0.25, 0.3) is 0 Å². The molecule has 6 aromatic rings. The van der Waals surface area contributed by atoms with Crippen LogP contribution in [0, 0.1) is 0 Å². The first kappa shape index (κ1) is 46.9. The maximum Gasteiger partial charge on any atom is 0.410 e. The quantitative estimate of drug-likeness (QED) is 0.109. The number of phenolic OH excluding ortho intramolecular Hbond substituents is 1. The average molecular weight is 811 g/mol. The molecule has 316 valence electrons. The zero-order chi connectivity index (χ0) is 41.5. The van der Waals surface area contributed by atoms with Gasteiger partial charge in [-0.3, -0.25) is 24.1 Å². The van der Waals surface area contributed by atoms with Crippen molar-refractivity contribution in [3.05, 3.63) is 85.7 Å². The number of pyridine rings is 2. The molecular formula is C44H58N8O7. The van der Waals surface area contributed by atoms with E-state index in [1.807, 2.05) is 72.1 Å². The third kappa shape index (κ3) is 13.8. The van der Waals surface area contributed by atoms with Crippen LogP contribution in [0.5, 0.6) is 11.5 Å². The Hall–Kier alpha value is -6.51. The maximum absolute atomic E-state index is 12.1. The predicted octanol–water partition coefficient (Wildman–Crippen LogP) is 8.83. The molecule has 15 heteroatoms. The minimum Gasteiger partial charge on any atom is -0.508 e. The summed E-state index contributed by atoms with van der Waals surface area (Å²) in [6, 6.07) is 14.3. The van der Waals surface area contributed by atoms with Gasteiger partial charge in [-0.1, -0.05) is 14.9 Å². The molecule has 1 N–H and O–H groups in total. The number of fused-ring (bicyclic) bond motifs is 2. The first-order valence-electron chi connectivity index (χ1n) is 18.4. The Balaban J connectivity index is 0.000000306. The summed E-state index contributed by atoms with van der Waals surface area (Å²) in [4.78, 5) is 47.2. The Labute approximate surface area is 346 Å². The van der Waals surface area contributed by atoms with Gasteiger partial charge in [-0.2, -0.15) is 10.2 Å². The molecule has 4 aromatic heterocycles. The van der Waals surface area contributed by atoms with E-state index in [1.54, 1.807) is 78.6 Å². The Morgan fingerprint density at radius 3 is 1.53 bits per heavy atom. The van der Waals surface area contributed by atoms with Crippen LogP contribution in [0.1, 0.15) is 63.3 Å². The number of phenols is 1. The van der Waals surface area contributed by atoms with Crippen LogP contribution >= 0.6 is 0 Å². The van der Waals surface area contributed by atoms with Gasteiger partial charge >= 0.3 is 18.2 Å². The maximum atomic E-state index is 12.1. The van der Waals surface area contributed by atoms with Crippen molar-refractivity contribution in [2.75, 3.05) is 27.2 Å². The molecular weight excluding hydrogens is 753 g/mol. The normalized spacial score (nSPS) is 11.1. The number of amides is 2. The Kier molecular flexibility index (Phi) is 15.7. The van der Waals surface area contributed by atoms with E-state index in [0.717, 1.165) is 44.1 Å². The molecule has 0 saturated heterocycles. The van der Waals surface area contributed by atoms with E-state index in [4.69, 9.17) is 14.2 Å². The number of aromatic nitrogens is 6. The van der Waals surface area contributed by atoms with Crippen molar-refractivity contribution >= 4 is 40.0 Å². The first-order valence-corrected chi connectivity index (χ1v) is 18.4. The second-order valence-electron chi connectivity index (χ2n) is 15.6. The van der Waals surface area contributed by atoms with Crippen LogP contribution in [-0.4, -0.2) is 101 Å². The lowest BCUT2D eigenvalue weighted by molar-refractivity contribution is -0.131. The van der Waals surface area contributed by atoms with Gasteiger partial charge < -0.3 is 29.1 Å². The monoisotopic (exact) mass is 810 g/mol. The number of likely N-dealkylation sites (N-methyl/N-ethyl adjacent to an activating group) is 2. The molecule has 0 spiro atoms. The molecule has 2 aromatic carbocycles. The molecule has 0 aliphatic carbocycles. The van der Waals surface area contributed by atoms with E-state index in [1.165, 1.54) is 16.7 Å². The van der Waals surface area contributed by atoms with E-state index in [2.05, 4.69) is 20.2 Å². The number of hydrogen-bond donors (Lipinski definition) is 1. The van der Waals surface area contributed by atoms with Crippen LogP contribution in [0.15, 0.2) is 85.7 Å². The molecule has 15 nitrogen and oxygen atoms in total. The molecule has 6 rings (SSSR count). The number of rotatable bonds is 9. The number of carbonyl (C=O) groups excluding carboxylic acids is 3. The highest BCUT2D eigenvalue weighted by molar-refractivity contribution is 5.86. The Morgan fingerprint density at radius 1 is 0.644 bits per heavy atom.